The summed E-state index contributed by atoms with van der Waals surface area (Å²) in [7, 11) is 0. The van der Waals surface area contributed by atoms with Crippen molar-refractivity contribution in [3.63, 3.8) is 0 Å². The topological polar surface area (TPSA) is 62.7 Å². The molecule has 0 atom stereocenters. The minimum atomic E-state index is -0.907. The summed E-state index contributed by atoms with van der Waals surface area (Å²) in [6.07, 6.45) is 0.991. The number of hydrogen-bond acceptors (Lipinski definition) is 4. The monoisotopic (exact) mass is 354 g/mol. The van der Waals surface area contributed by atoms with Crippen LogP contribution in [0.5, 0.6) is 5.75 Å². The Bertz CT molecular complexity index is 796. The second-order valence-corrected chi connectivity index (χ2v) is 7.22. The molecule has 5 heteroatoms. The number of aromatic nitrogens is 1. The minimum Gasteiger partial charge on any atom is -0.491 e. The van der Waals surface area contributed by atoms with Crippen LogP contribution in [0.1, 0.15) is 40.2 Å². The third-order valence-electron chi connectivity index (χ3n) is 5.07. The summed E-state index contributed by atoms with van der Waals surface area (Å²) in [6.45, 7) is 7.21. The highest BCUT2D eigenvalue weighted by atomic mass is 16.5. The number of pyridine rings is 1. The van der Waals surface area contributed by atoms with Crippen LogP contribution in [-0.2, 0) is 0 Å². The van der Waals surface area contributed by atoms with Gasteiger partial charge in [-0.3, -0.25) is 4.79 Å². The normalized spacial score (nSPS) is 16.4. The van der Waals surface area contributed by atoms with E-state index in [2.05, 4.69) is 11.9 Å². The molecule has 0 aliphatic carbocycles. The van der Waals surface area contributed by atoms with Crippen molar-refractivity contribution < 1.29 is 14.6 Å². The van der Waals surface area contributed by atoms with Crippen molar-refractivity contribution >= 4 is 5.91 Å². The molecule has 0 bridgehead atoms. The van der Waals surface area contributed by atoms with E-state index in [-0.39, 0.29) is 12.5 Å². The zero-order valence-electron chi connectivity index (χ0n) is 15.7. The van der Waals surface area contributed by atoms with Gasteiger partial charge in [0, 0.05) is 18.8 Å². The highest BCUT2D eigenvalue weighted by molar-refractivity contribution is 5.92. The van der Waals surface area contributed by atoms with Crippen LogP contribution in [0, 0.1) is 20.8 Å². The van der Waals surface area contributed by atoms with Gasteiger partial charge in [0.05, 0.1) is 0 Å². The number of nitrogens with zero attached hydrogens (tertiary/aromatic N) is 2. The zero-order valence-corrected chi connectivity index (χ0v) is 15.7. The van der Waals surface area contributed by atoms with Crippen molar-refractivity contribution in [1.82, 2.24) is 9.88 Å². The quantitative estimate of drug-likeness (QED) is 0.917. The standard InChI is InChI=1S/C21H26N2O3/c1-15-7-8-18(13-16(15)2)26-14-21(25)9-11-23(12-10-21)20(24)19-6-4-5-17(3)22-19/h4-8,13,25H,9-12,14H2,1-3H3. The lowest BCUT2D eigenvalue weighted by atomic mass is 9.92. The number of rotatable bonds is 4. The Kier molecular flexibility index (Phi) is 5.28. The second-order valence-electron chi connectivity index (χ2n) is 7.22. The van der Waals surface area contributed by atoms with E-state index in [9.17, 15) is 9.90 Å². The van der Waals surface area contributed by atoms with Gasteiger partial charge in [0.2, 0.25) is 0 Å². The van der Waals surface area contributed by atoms with Gasteiger partial charge in [-0.25, -0.2) is 4.98 Å². The van der Waals surface area contributed by atoms with E-state index in [1.54, 1.807) is 11.0 Å². The van der Waals surface area contributed by atoms with Crippen molar-refractivity contribution in [2.45, 2.75) is 39.2 Å². The number of amides is 1. The Hall–Kier alpha value is -2.40. The van der Waals surface area contributed by atoms with Gasteiger partial charge in [0.25, 0.3) is 5.91 Å². The first-order valence-corrected chi connectivity index (χ1v) is 9.02. The number of likely N-dealkylation sites (tertiary alicyclic amines) is 1. The molecular formula is C21H26N2O3. The first-order valence-electron chi connectivity index (χ1n) is 9.02. The first kappa shape index (κ1) is 18.4. The molecule has 0 spiro atoms. The lowest BCUT2D eigenvalue weighted by Crippen LogP contribution is -2.49. The Morgan fingerprint density at radius 2 is 1.88 bits per heavy atom. The summed E-state index contributed by atoms with van der Waals surface area (Å²) in [4.78, 5) is 18.6. The van der Waals surface area contributed by atoms with Crippen LogP contribution in [0.4, 0.5) is 0 Å². The Balaban J connectivity index is 1.56. The van der Waals surface area contributed by atoms with Crippen LogP contribution in [0.3, 0.4) is 0 Å². The Morgan fingerprint density at radius 3 is 2.54 bits per heavy atom. The van der Waals surface area contributed by atoms with Gasteiger partial charge < -0.3 is 14.7 Å². The molecule has 1 aromatic carbocycles. The summed E-state index contributed by atoms with van der Waals surface area (Å²) >= 11 is 0. The number of aliphatic hydroxyl groups is 1. The molecule has 138 valence electrons. The number of carbonyl (C=O) groups excluding carboxylic acids is 1. The van der Waals surface area contributed by atoms with E-state index in [1.807, 2.05) is 44.2 Å². The fourth-order valence-electron chi connectivity index (χ4n) is 3.12. The SMILES string of the molecule is Cc1cccc(C(=O)N2CCC(O)(COc3ccc(C)c(C)c3)CC2)n1. The smallest absolute Gasteiger partial charge is 0.272 e. The maximum atomic E-state index is 12.6. The predicted molar refractivity (Wildman–Crippen MR) is 100 cm³/mol. The number of ether oxygens (including phenoxy) is 1. The van der Waals surface area contributed by atoms with Crippen LogP contribution >= 0.6 is 0 Å². The van der Waals surface area contributed by atoms with E-state index in [0.29, 0.717) is 31.6 Å². The van der Waals surface area contributed by atoms with Gasteiger partial charge in [0.15, 0.2) is 0 Å². The van der Waals surface area contributed by atoms with Crippen molar-refractivity contribution in [2.24, 2.45) is 0 Å². The van der Waals surface area contributed by atoms with Gasteiger partial charge in [0.1, 0.15) is 23.7 Å². The summed E-state index contributed by atoms with van der Waals surface area (Å²) in [5.41, 5.74) is 2.76. The van der Waals surface area contributed by atoms with E-state index < -0.39 is 5.60 Å². The molecular weight excluding hydrogens is 328 g/mol. The fraction of sp³-hybridized carbons (Fsp3) is 0.429. The van der Waals surface area contributed by atoms with E-state index >= 15 is 0 Å². The zero-order chi connectivity index (χ0) is 18.7. The Labute approximate surface area is 154 Å². The van der Waals surface area contributed by atoms with E-state index in [4.69, 9.17) is 4.74 Å². The first-order chi connectivity index (χ1) is 12.4. The maximum Gasteiger partial charge on any atom is 0.272 e. The van der Waals surface area contributed by atoms with Crippen LogP contribution in [-0.4, -0.2) is 46.2 Å². The van der Waals surface area contributed by atoms with Crippen molar-refractivity contribution in [2.75, 3.05) is 19.7 Å². The number of piperidine rings is 1. The van der Waals surface area contributed by atoms with Crippen LogP contribution in [0.2, 0.25) is 0 Å². The number of benzene rings is 1. The molecule has 3 rings (SSSR count). The van der Waals surface area contributed by atoms with Crippen LogP contribution in [0.15, 0.2) is 36.4 Å². The molecule has 26 heavy (non-hydrogen) atoms. The average molecular weight is 354 g/mol. The maximum absolute atomic E-state index is 12.6. The molecule has 5 nitrogen and oxygen atoms in total. The largest absolute Gasteiger partial charge is 0.491 e. The third-order valence-corrected chi connectivity index (χ3v) is 5.07. The lowest BCUT2D eigenvalue weighted by molar-refractivity contribution is -0.0476. The van der Waals surface area contributed by atoms with Crippen LogP contribution in [0.25, 0.3) is 0 Å². The molecule has 0 radical (unpaired) electrons. The van der Waals surface area contributed by atoms with Gasteiger partial charge in [-0.1, -0.05) is 12.1 Å². The predicted octanol–water partition coefficient (Wildman–Crippen LogP) is 3.05. The lowest BCUT2D eigenvalue weighted by Gasteiger charge is -2.37. The molecule has 0 unspecified atom stereocenters. The van der Waals surface area contributed by atoms with E-state index in [1.165, 1.54) is 11.1 Å². The summed E-state index contributed by atoms with van der Waals surface area (Å²) in [6, 6.07) is 11.4. The van der Waals surface area contributed by atoms with E-state index in [0.717, 1.165) is 11.4 Å². The molecule has 1 amide bonds. The average Bonchev–Trinajstić information content (AvgIpc) is 2.63. The molecule has 1 fully saturated rings. The van der Waals surface area contributed by atoms with Crippen molar-refractivity contribution in [3.05, 3.63) is 58.9 Å². The van der Waals surface area contributed by atoms with Crippen molar-refractivity contribution in [1.29, 1.82) is 0 Å². The second kappa shape index (κ2) is 7.46. The fourth-order valence-corrected chi connectivity index (χ4v) is 3.12. The Morgan fingerprint density at radius 1 is 1.15 bits per heavy atom. The molecule has 1 saturated heterocycles. The molecule has 2 heterocycles. The molecule has 1 aliphatic rings. The third kappa shape index (κ3) is 4.22. The molecule has 0 saturated carbocycles. The van der Waals surface area contributed by atoms with Gasteiger partial charge in [-0.05, 0) is 69.0 Å². The van der Waals surface area contributed by atoms with Crippen LogP contribution < -0.4 is 4.74 Å². The molecule has 1 aromatic heterocycles. The van der Waals surface area contributed by atoms with Gasteiger partial charge in [-0.15, -0.1) is 0 Å². The van der Waals surface area contributed by atoms with Gasteiger partial charge >= 0.3 is 0 Å². The van der Waals surface area contributed by atoms with Gasteiger partial charge in [-0.2, -0.15) is 0 Å². The highest BCUT2D eigenvalue weighted by Gasteiger charge is 2.35. The summed E-state index contributed by atoms with van der Waals surface area (Å²) < 4.78 is 5.81. The minimum absolute atomic E-state index is 0.0779. The molecule has 1 N–H and O–H groups in total. The number of carbonyl (C=O) groups is 1. The molecule has 2 aromatic rings. The number of hydrogen-bond donors (Lipinski definition) is 1. The number of aryl methyl sites for hydroxylation is 3. The summed E-state index contributed by atoms with van der Waals surface area (Å²) in [5.74, 6) is 0.690. The highest BCUT2D eigenvalue weighted by Crippen LogP contribution is 2.25. The summed E-state index contributed by atoms with van der Waals surface area (Å²) in [5, 5.41) is 10.8. The molecule has 1 aliphatic heterocycles. The van der Waals surface area contributed by atoms with Crippen molar-refractivity contribution in [3.8, 4) is 5.75 Å².